The third-order valence-electron chi connectivity index (χ3n) is 2.13. The third-order valence-corrected chi connectivity index (χ3v) is 2.95. The number of aliphatic hydroxyl groups is 1. The Morgan fingerprint density at radius 1 is 1.58 bits per heavy atom. The number of nitrogens with zero attached hydrogens (tertiary/aromatic N) is 2. The first-order valence-electron chi connectivity index (χ1n) is 5.41. The summed E-state index contributed by atoms with van der Waals surface area (Å²) >= 11 is 1.22. The molecule has 0 bridgehead atoms. The van der Waals surface area contributed by atoms with Crippen molar-refractivity contribution in [2.24, 2.45) is 0 Å². The average molecular weight is 277 g/mol. The Balaban J connectivity index is 2.11. The lowest BCUT2D eigenvalue weighted by atomic mass is 10.3. The zero-order valence-electron chi connectivity index (χ0n) is 10.4. The highest BCUT2D eigenvalue weighted by molar-refractivity contribution is 7.16. The number of amides is 1. The molecule has 7 heteroatoms. The van der Waals surface area contributed by atoms with Crippen LogP contribution in [0.1, 0.15) is 27.0 Å². The van der Waals surface area contributed by atoms with Crippen molar-refractivity contribution in [2.45, 2.75) is 13.8 Å². The zero-order chi connectivity index (χ0) is 13.8. The van der Waals surface area contributed by atoms with Crippen LogP contribution in [0.2, 0.25) is 0 Å². The van der Waals surface area contributed by atoms with Gasteiger partial charge in [-0.2, -0.15) is 0 Å². The maximum absolute atomic E-state index is 11.9. The molecule has 2 aromatic rings. The lowest BCUT2D eigenvalue weighted by Crippen LogP contribution is -2.11. The normalized spacial score (nSPS) is 9.84. The Morgan fingerprint density at radius 2 is 2.37 bits per heavy atom. The maximum Gasteiger partial charge on any atom is 0.295 e. The summed E-state index contributed by atoms with van der Waals surface area (Å²) in [5, 5.41) is 11.6. The van der Waals surface area contributed by atoms with Crippen molar-refractivity contribution >= 4 is 22.4 Å². The number of carbonyl (C=O) groups is 1. The predicted molar refractivity (Wildman–Crippen MR) is 70.0 cm³/mol. The first-order valence-corrected chi connectivity index (χ1v) is 6.22. The van der Waals surface area contributed by atoms with Gasteiger partial charge < -0.3 is 9.52 Å². The van der Waals surface area contributed by atoms with Crippen LogP contribution in [0.4, 0.5) is 5.13 Å². The molecule has 0 atom stereocenters. The van der Waals surface area contributed by atoms with Gasteiger partial charge in [-0.05, 0) is 6.92 Å². The average Bonchev–Trinajstić information content (AvgIpc) is 2.93. The minimum absolute atomic E-state index is 0.177. The van der Waals surface area contributed by atoms with Crippen LogP contribution < -0.4 is 5.32 Å². The number of thiazole rings is 1. The quantitative estimate of drug-likeness (QED) is 0.809. The molecule has 0 aromatic carbocycles. The van der Waals surface area contributed by atoms with E-state index in [0.717, 1.165) is 0 Å². The minimum Gasteiger partial charge on any atom is -0.436 e. The molecule has 98 valence electrons. The van der Waals surface area contributed by atoms with Crippen molar-refractivity contribution in [3.63, 3.8) is 0 Å². The minimum atomic E-state index is -0.394. The fraction of sp³-hybridized carbons (Fsp3) is 0.250. The van der Waals surface area contributed by atoms with E-state index in [1.54, 1.807) is 13.8 Å². The molecular formula is C12H11N3O3S. The fourth-order valence-electron chi connectivity index (χ4n) is 1.41. The monoisotopic (exact) mass is 277 g/mol. The molecule has 0 aliphatic heterocycles. The third kappa shape index (κ3) is 3.19. The van der Waals surface area contributed by atoms with Crippen molar-refractivity contribution < 1.29 is 14.3 Å². The van der Waals surface area contributed by atoms with Gasteiger partial charge in [0.05, 0.1) is 16.8 Å². The summed E-state index contributed by atoms with van der Waals surface area (Å²) in [4.78, 5) is 20.6. The Morgan fingerprint density at radius 3 is 3.00 bits per heavy atom. The second-order valence-electron chi connectivity index (χ2n) is 3.59. The van der Waals surface area contributed by atoms with Gasteiger partial charge in [-0.1, -0.05) is 23.2 Å². The van der Waals surface area contributed by atoms with Gasteiger partial charge in [0.1, 0.15) is 6.61 Å². The highest BCUT2D eigenvalue weighted by atomic mass is 32.1. The number of hydrogen-bond acceptors (Lipinski definition) is 6. The summed E-state index contributed by atoms with van der Waals surface area (Å²) in [7, 11) is 0. The van der Waals surface area contributed by atoms with E-state index < -0.39 is 5.91 Å². The van der Waals surface area contributed by atoms with Gasteiger partial charge in [0.2, 0.25) is 5.76 Å². The van der Waals surface area contributed by atoms with Gasteiger partial charge in [0.25, 0.3) is 5.91 Å². The summed E-state index contributed by atoms with van der Waals surface area (Å²) in [5.74, 6) is 5.45. The summed E-state index contributed by atoms with van der Waals surface area (Å²) in [6.45, 7) is 3.16. The molecule has 0 aliphatic carbocycles. The molecule has 0 saturated carbocycles. The van der Waals surface area contributed by atoms with E-state index in [1.165, 1.54) is 17.5 Å². The van der Waals surface area contributed by atoms with Crippen LogP contribution in [0.15, 0.2) is 10.6 Å². The van der Waals surface area contributed by atoms with Crippen LogP contribution in [0.3, 0.4) is 0 Å². The van der Waals surface area contributed by atoms with E-state index in [4.69, 9.17) is 9.52 Å². The molecule has 0 spiro atoms. The van der Waals surface area contributed by atoms with E-state index in [9.17, 15) is 4.79 Å². The van der Waals surface area contributed by atoms with Gasteiger partial charge in [0, 0.05) is 6.92 Å². The molecule has 2 aromatic heterocycles. The summed E-state index contributed by atoms with van der Waals surface area (Å²) in [6, 6.07) is 0. The van der Waals surface area contributed by atoms with E-state index >= 15 is 0 Å². The van der Waals surface area contributed by atoms with Crippen LogP contribution in [-0.2, 0) is 0 Å². The van der Waals surface area contributed by atoms with Gasteiger partial charge in [-0.3, -0.25) is 10.1 Å². The smallest absolute Gasteiger partial charge is 0.295 e. The van der Waals surface area contributed by atoms with Crippen molar-refractivity contribution in [2.75, 3.05) is 11.9 Å². The van der Waals surface area contributed by atoms with Crippen molar-refractivity contribution in [1.82, 2.24) is 9.97 Å². The number of anilines is 1. The zero-order valence-corrected chi connectivity index (χ0v) is 11.2. The van der Waals surface area contributed by atoms with Crippen molar-refractivity contribution in [1.29, 1.82) is 0 Å². The second-order valence-corrected chi connectivity index (χ2v) is 4.62. The number of rotatable bonds is 2. The molecule has 0 fully saturated rings. The standard InChI is InChI=1S/C12H11N3O3S/c1-7-10(18-8(2)14-7)11(17)15-12-13-6-9(19-12)4-3-5-16/h6,16H,5H2,1-2H3,(H,13,15,17). The predicted octanol–water partition coefficient (Wildman–Crippen LogP) is 1.34. The molecule has 6 nitrogen and oxygen atoms in total. The summed E-state index contributed by atoms with van der Waals surface area (Å²) in [6.07, 6.45) is 1.53. The molecule has 2 heterocycles. The first-order chi connectivity index (χ1) is 9.10. The molecule has 0 saturated heterocycles. The van der Waals surface area contributed by atoms with Gasteiger partial charge >= 0.3 is 0 Å². The number of aryl methyl sites for hydroxylation is 2. The number of aliphatic hydroxyl groups excluding tert-OH is 1. The molecule has 0 unspecified atom stereocenters. The van der Waals surface area contributed by atoms with E-state index in [2.05, 4.69) is 27.1 Å². The Kier molecular flexibility index (Phi) is 3.94. The highest BCUT2D eigenvalue weighted by Gasteiger charge is 2.17. The lowest BCUT2D eigenvalue weighted by Gasteiger charge is -1.97. The van der Waals surface area contributed by atoms with Crippen LogP contribution in [-0.4, -0.2) is 27.6 Å². The van der Waals surface area contributed by atoms with E-state index in [-0.39, 0.29) is 12.4 Å². The lowest BCUT2D eigenvalue weighted by molar-refractivity contribution is 0.0994. The Labute approximate surface area is 113 Å². The molecule has 0 aliphatic rings. The van der Waals surface area contributed by atoms with Gasteiger partial charge in [-0.15, -0.1) is 0 Å². The Hall–Kier alpha value is -2.17. The van der Waals surface area contributed by atoms with Crippen molar-refractivity contribution in [3.05, 3.63) is 28.4 Å². The molecule has 2 rings (SSSR count). The molecule has 1 amide bonds. The van der Waals surface area contributed by atoms with Crippen LogP contribution >= 0.6 is 11.3 Å². The SMILES string of the molecule is Cc1nc(C)c(C(=O)Nc2ncc(C#CCO)s2)o1. The first kappa shape index (κ1) is 13.3. The number of hydrogen-bond donors (Lipinski definition) is 2. The Bertz CT molecular complexity index is 663. The van der Waals surface area contributed by atoms with Crippen molar-refractivity contribution in [3.8, 4) is 11.8 Å². The number of carbonyl (C=O) groups excluding carboxylic acids is 1. The van der Waals surface area contributed by atoms with E-state index in [0.29, 0.717) is 21.6 Å². The molecular weight excluding hydrogens is 266 g/mol. The van der Waals surface area contributed by atoms with Gasteiger partial charge in [-0.25, -0.2) is 9.97 Å². The van der Waals surface area contributed by atoms with Crippen LogP contribution in [0, 0.1) is 25.7 Å². The number of aromatic nitrogens is 2. The maximum atomic E-state index is 11.9. The number of oxazole rings is 1. The molecule has 0 radical (unpaired) electrons. The second kappa shape index (κ2) is 5.65. The fourth-order valence-corrected chi connectivity index (χ4v) is 2.10. The largest absolute Gasteiger partial charge is 0.436 e. The molecule has 19 heavy (non-hydrogen) atoms. The van der Waals surface area contributed by atoms with Crippen LogP contribution in [0.5, 0.6) is 0 Å². The van der Waals surface area contributed by atoms with Gasteiger partial charge in [0.15, 0.2) is 11.0 Å². The summed E-state index contributed by atoms with van der Waals surface area (Å²) < 4.78 is 5.21. The molecule has 2 N–H and O–H groups in total. The van der Waals surface area contributed by atoms with E-state index in [1.807, 2.05) is 0 Å². The summed E-state index contributed by atoms with van der Waals surface area (Å²) in [5.41, 5.74) is 0.534. The number of nitrogens with one attached hydrogen (secondary N) is 1. The topological polar surface area (TPSA) is 88.2 Å². The van der Waals surface area contributed by atoms with Crippen LogP contribution in [0.25, 0.3) is 0 Å². The highest BCUT2D eigenvalue weighted by Crippen LogP contribution is 2.19.